The highest BCUT2D eigenvalue weighted by atomic mass is 14.5. The van der Waals surface area contributed by atoms with E-state index in [9.17, 15) is 0 Å². The van der Waals surface area contributed by atoms with Crippen LogP contribution in [0.25, 0.3) is 98.7 Å². The zero-order chi connectivity index (χ0) is 42.9. The van der Waals surface area contributed by atoms with E-state index in [0.717, 1.165) is 0 Å². The Balaban J connectivity index is 0.830. The molecule has 0 saturated carbocycles. The second kappa shape index (κ2) is 14.9. The third-order valence-electron chi connectivity index (χ3n) is 14.1. The van der Waals surface area contributed by atoms with Gasteiger partial charge < -0.3 is 0 Å². The second-order valence-electron chi connectivity index (χ2n) is 17.7. The lowest BCUT2D eigenvalue weighted by atomic mass is 9.67. The molecule has 0 amide bonds. The van der Waals surface area contributed by atoms with Gasteiger partial charge in [0.25, 0.3) is 0 Å². The molecule has 0 aromatic heterocycles. The van der Waals surface area contributed by atoms with Gasteiger partial charge in [0.15, 0.2) is 0 Å². The molecular weight excluding hydrogens is 781 g/mol. The highest BCUT2D eigenvalue weighted by Crippen LogP contribution is 2.56. The Morgan fingerprint density at radius 1 is 0.185 bits per heavy atom. The quantitative estimate of drug-likeness (QED) is 0.147. The van der Waals surface area contributed by atoms with Gasteiger partial charge in [-0.2, -0.15) is 0 Å². The summed E-state index contributed by atoms with van der Waals surface area (Å²) in [7, 11) is 0. The highest BCUT2D eigenvalue weighted by molar-refractivity contribution is 6.01. The normalized spacial score (nSPS) is 12.7. The van der Waals surface area contributed by atoms with Crippen LogP contribution >= 0.6 is 0 Å². The lowest BCUT2D eigenvalue weighted by Gasteiger charge is -2.34. The van der Waals surface area contributed by atoms with Crippen molar-refractivity contribution in [2.45, 2.75) is 5.41 Å². The molecule has 0 N–H and O–H groups in total. The van der Waals surface area contributed by atoms with Crippen molar-refractivity contribution in [2.24, 2.45) is 0 Å². The summed E-state index contributed by atoms with van der Waals surface area (Å²) < 4.78 is 0. The summed E-state index contributed by atoms with van der Waals surface area (Å²) in [5.41, 5.74) is 17.0. The summed E-state index contributed by atoms with van der Waals surface area (Å²) >= 11 is 0. The summed E-state index contributed by atoms with van der Waals surface area (Å²) in [4.78, 5) is 0. The van der Waals surface area contributed by atoms with Crippen LogP contribution in [-0.4, -0.2) is 0 Å². The molecule has 0 heteroatoms. The fraction of sp³-hybridized carbons (Fsp3) is 0.0154. The average molecular weight is 823 g/mol. The Labute approximate surface area is 379 Å². The van der Waals surface area contributed by atoms with Gasteiger partial charge in [0.05, 0.1) is 5.41 Å². The molecule has 302 valence electrons. The van der Waals surface area contributed by atoms with Gasteiger partial charge in [0.2, 0.25) is 0 Å². The average Bonchev–Trinajstić information content (AvgIpc) is 3.68. The van der Waals surface area contributed by atoms with E-state index in [1.807, 2.05) is 0 Å². The van der Waals surface area contributed by atoms with Crippen LogP contribution < -0.4 is 0 Å². The number of benzene rings is 12. The van der Waals surface area contributed by atoms with E-state index in [0.29, 0.717) is 0 Å². The maximum absolute atomic E-state index is 2.36. The summed E-state index contributed by atoms with van der Waals surface area (Å²) in [6, 6.07) is 94.7. The number of rotatable bonds is 6. The number of hydrogen-bond acceptors (Lipinski definition) is 0. The molecule has 0 saturated heterocycles. The first-order chi connectivity index (χ1) is 32.2. The SMILES string of the molecule is c1ccc2c(c1)-c1ccccc1C2(c1ccc(-c2ccc(-c3ccc4cc5ccccc5cc4c3)cc2)cc1)c1ccc(-c2ccc(-c3ccc4cc5ccccc5cc4c3)cc2)cc1. The van der Waals surface area contributed by atoms with Crippen LogP contribution in [0.3, 0.4) is 0 Å². The van der Waals surface area contributed by atoms with Crippen LogP contribution in [0.2, 0.25) is 0 Å². The lowest BCUT2D eigenvalue weighted by molar-refractivity contribution is 0.769. The second-order valence-corrected chi connectivity index (χ2v) is 17.7. The van der Waals surface area contributed by atoms with Gasteiger partial charge in [-0.1, -0.05) is 218 Å². The Bertz CT molecular complexity index is 3530. The van der Waals surface area contributed by atoms with E-state index in [2.05, 4.69) is 255 Å². The molecule has 12 aromatic carbocycles. The zero-order valence-electron chi connectivity index (χ0n) is 35.7. The summed E-state index contributed by atoms with van der Waals surface area (Å²) in [6.45, 7) is 0. The first kappa shape index (κ1) is 37.3. The maximum Gasteiger partial charge on any atom is 0.0713 e. The number of fused-ring (bicyclic) bond motifs is 7. The molecule has 0 nitrogen and oxygen atoms in total. The van der Waals surface area contributed by atoms with Crippen LogP contribution in [-0.2, 0) is 5.41 Å². The van der Waals surface area contributed by atoms with E-state index in [1.165, 1.54) is 121 Å². The third-order valence-corrected chi connectivity index (χ3v) is 14.1. The van der Waals surface area contributed by atoms with E-state index in [1.54, 1.807) is 0 Å². The summed E-state index contributed by atoms with van der Waals surface area (Å²) in [5.74, 6) is 0. The smallest absolute Gasteiger partial charge is 0.0619 e. The van der Waals surface area contributed by atoms with Crippen molar-refractivity contribution in [3.8, 4) is 55.6 Å². The largest absolute Gasteiger partial charge is 0.0713 e. The summed E-state index contributed by atoms with van der Waals surface area (Å²) in [6.07, 6.45) is 0. The molecule has 0 radical (unpaired) electrons. The predicted octanol–water partition coefficient (Wildman–Crippen LogP) is 17.3. The van der Waals surface area contributed by atoms with Crippen molar-refractivity contribution >= 4 is 43.1 Å². The Hall–Kier alpha value is -8.32. The molecule has 0 bridgehead atoms. The maximum atomic E-state index is 2.36. The fourth-order valence-corrected chi connectivity index (χ4v) is 10.8. The number of hydrogen-bond donors (Lipinski definition) is 0. The molecule has 0 heterocycles. The van der Waals surface area contributed by atoms with Crippen LogP contribution in [0.5, 0.6) is 0 Å². The van der Waals surface area contributed by atoms with Gasteiger partial charge in [-0.15, -0.1) is 0 Å². The van der Waals surface area contributed by atoms with Crippen molar-refractivity contribution in [2.75, 3.05) is 0 Å². The standard InChI is InChI=1S/C65H42/c1-3-11-51-39-57-41-53(25-27-55(57)37-49(51)9-1)47-21-17-43(18-22-47)45-29-33-59(34-30-45)65(63-15-7-5-13-61(63)62-14-6-8-16-64(62)65)60-35-31-46(32-36-60)44-19-23-48(24-20-44)54-26-28-56-38-50-10-2-4-12-52(50)40-58(56)42-54/h1-42H. The molecule has 0 unspecified atom stereocenters. The van der Waals surface area contributed by atoms with Crippen molar-refractivity contribution in [1.82, 2.24) is 0 Å². The Morgan fingerprint density at radius 2 is 0.446 bits per heavy atom. The van der Waals surface area contributed by atoms with Gasteiger partial charge in [-0.3, -0.25) is 0 Å². The van der Waals surface area contributed by atoms with E-state index >= 15 is 0 Å². The molecule has 12 aromatic rings. The first-order valence-electron chi connectivity index (χ1n) is 22.6. The molecule has 0 atom stereocenters. The van der Waals surface area contributed by atoms with Gasteiger partial charge in [-0.25, -0.2) is 0 Å². The van der Waals surface area contributed by atoms with Crippen LogP contribution in [0.1, 0.15) is 22.3 Å². The van der Waals surface area contributed by atoms with Gasteiger partial charge in [0, 0.05) is 0 Å². The van der Waals surface area contributed by atoms with Crippen LogP contribution in [0.15, 0.2) is 255 Å². The molecule has 65 heavy (non-hydrogen) atoms. The van der Waals surface area contributed by atoms with E-state index in [-0.39, 0.29) is 0 Å². The van der Waals surface area contributed by atoms with E-state index < -0.39 is 5.41 Å². The van der Waals surface area contributed by atoms with Crippen molar-refractivity contribution in [1.29, 1.82) is 0 Å². The Morgan fingerprint density at radius 3 is 0.815 bits per heavy atom. The van der Waals surface area contributed by atoms with Crippen LogP contribution in [0, 0.1) is 0 Å². The van der Waals surface area contributed by atoms with Gasteiger partial charge in [-0.05, 0) is 157 Å². The molecule has 13 rings (SSSR count). The molecule has 0 spiro atoms. The monoisotopic (exact) mass is 822 g/mol. The lowest BCUT2D eigenvalue weighted by Crippen LogP contribution is -2.28. The minimum Gasteiger partial charge on any atom is -0.0619 e. The van der Waals surface area contributed by atoms with Crippen LogP contribution in [0.4, 0.5) is 0 Å². The zero-order valence-corrected chi connectivity index (χ0v) is 35.7. The predicted molar refractivity (Wildman–Crippen MR) is 276 cm³/mol. The van der Waals surface area contributed by atoms with Crippen molar-refractivity contribution < 1.29 is 0 Å². The van der Waals surface area contributed by atoms with Gasteiger partial charge in [0.1, 0.15) is 0 Å². The molecule has 1 aliphatic rings. The van der Waals surface area contributed by atoms with Crippen molar-refractivity contribution in [3.63, 3.8) is 0 Å². The van der Waals surface area contributed by atoms with Gasteiger partial charge >= 0.3 is 0 Å². The molecule has 0 fully saturated rings. The van der Waals surface area contributed by atoms with Crippen molar-refractivity contribution in [3.05, 3.63) is 277 Å². The third kappa shape index (κ3) is 6.14. The molecule has 0 aliphatic heterocycles. The fourth-order valence-electron chi connectivity index (χ4n) is 10.8. The minimum atomic E-state index is -0.471. The van der Waals surface area contributed by atoms with E-state index in [4.69, 9.17) is 0 Å². The Kier molecular flexibility index (Phi) is 8.54. The molecule has 1 aliphatic carbocycles. The minimum absolute atomic E-state index is 0.471. The first-order valence-corrected chi connectivity index (χ1v) is 22.6. The topological polar surface area (TPSA) is 0 Å². The molecular formula is C65H42. The summed E-state index contributed by atoms with van der Waals surface area (Å²) in [5, 5.41) is 10.2. The highest BCUT2D eigenvalue weighted by Gasteiger charge is 2.45.